The van der Waals surface area contributed by atoms with Gasteiger partial charge in [0.25, 0.3) is 5.91 Å². The van der Waals surface area contributed by atoms with Crippen molar-refractivity contribution < 1.29 is 4.79 Å². The first-order valence-electron chi connectivity index (χ1n) is 7.59. The van der Waals surface area contributed by atoms with Gasteiger partial charge in [-0.1, -0.05) is 18.2 Å². The van der Waals surface area contributed by atoms with Gasteiger partial charge in [-0.3, -0.25) is 9.36 Å². The van der Waals surface area contributed by atoms with E-state index in [9.17, 15) is 4.79 Å². The van der Waals surface area contributed by atoms with Crippen molar-refractivity contribution in [2.75, 3.05) is 11.4 Å². The molecule has 0 N–H and O–H groups in total. The fraction of sp³-hybridized carbons (Fsp3) is 0.167. The van der Waals surface area contributed by atoms with Crippen molar-refractivity contribution >= 4 is 11.6 Å². The molecule has 3 heterocycles. The molecule has 1 aliphatic heterocycles. The molecule has 5 heteroatoms. The SMILES string of the molecule is Cc1cccc2c1N(C(=O)c1ccc(-n3ccnc3)nc1)CC2. The number of imidazole rings is 1. The van der Waals surface area contributed by atoms with Crippen LogP contribution in [0.5, 0.6) is 0 Å². The van der Waals surface area contributed by atoms with Gasteiger partial charge in [-0.25, -0.2) is 9.97 Å². The Morgan fingerprint density at radius 3 is 2.87 bits per heavy atom. The van der Waals surface area contributed by atoms with Gasteiger partial charge in [0.05, 0.1) is 11.3 Å². The molecule has 0 radical (unpaired) electrons. The number of fused-ring (bicyclic) bond motifs is 1. The molecule has 5 nitrogen and oxygen atoms in total. The topological polar surface area (TPSA) is 51.0 Å². The molecule has 0 saturated heterocycles. The Balaban J connectivity index is 1.64. The zero-order valence-corrected chi connectivity index (χ0v) is 12.8. The monoisotopic (exact) mass is 304 g/mol. The maximum absolute atomic E-state index is 12.8. The zero-order valence-electron chi connectivity index (χ0n) is 12.8. The van der Waals surface area contributed by atoms with Gasteiger partial charge in [0, 0.05) is 25.1 Å². The molecular formula is C18H16N4O. The molecule has 0 bridgehead atoms. The maximum Gasteiger partial charge on any atom is 0.259 e. The molecule has 0 atom stereocenters. The number of aryl methyl sites for hydroxylation is 1. The standard InChI is InChI=1S/C18H16N4O/c1-13-3-2-4-14-7-9-22(17(13)14)18(23)15-5-6-16(20-11-15)21-10-8-19-12-21/h2-6,8,10-12H,7,9H2,1H3. The van der Waals surface area contributed by atoms with Gasteiger partial charge in [0.15, 0.2) is 0 Å². The van der Waals surface area contributed by atoms with Crippen LogP contribution in [0.25, 0.3) is 5.82 Å². The highest BCUT2D eigenvalue weighted by Gasteiger charge is 2.27. The number of para-hydroxylation sites is 1. The number of anilines is 1. The van der Waals surface area contributed by atoms with Crippen LogP contribution in [0.4, 0.5) is 5.69 Å². The van der Waals surface area contributed by atoms with Crippen molar-refractivity contribution in [3.05, 3.63) is 71.9 Å². The summed E-state index contributed by atoms with van der Waals surface area (Å²) in [5.74, 6) is 0.750. The van der Waals surface area contributed by atoms with Crippen molar-refractivity contribution in [2.45, 2.75) is 13.3 Å². The zero-order chi connectivity index (χ0) is 15.8. The Morgan fingerprint density at radius 1 is 1.22 bits per heavy atom. The first kappa shape index (κ1) is 13.7. The van der Waals surface area contributed by atoms with E-state index in [1.54, 1.807) is 18.7 Å². The predicted molar refractivity (Wildman–Crippen MR) is 87.9 cm³/mol. The van der Waals surface area contributed by atoms with Crippen LogP contribution in [0.2, 0.25) is 0 Å². The number of hydrogen-bond acceptors (Lipinski definition) is 3. The van der Waals surface area contributed by atoms with Crippen LogP contribution in [0.15, 0.2) is 55.2 Å². The van der Waals surface area contributed by atoms with Crippen LogP contribution < -0.4 is 4.90 Å². The number of carbonyl (C=O) groups excluding carboxylic acids is 1. The van der Waals surface area contributed by atoms with E-state index in [4.69, 9.17) is 0 Å². The minimum absolute atomic E-state index is 0.00253. The van der Waals surface area contributed by atoms with Crippen molar-refractivity contribution in [3.8, 4) is 5.82 Å². The number of aromatic nitrogens is 3. The molecule has 1 aliphatic rings. The lowest BCUT2D eigenvalue weighted by Crippen LogP contribution is -2.29. The number of amides is 1. The van der Waals surface area contributed by atoms with Crippen LogP contribution in [0.3, 0.4) is 0 Å². The molecule has 2 aromatic heterocycles. The van der Waals surface area contributed by atoms with Crippen molar-refractivity contribution in [3.63, 3.8) is 0 Å². The second-order valence-corrected chi connectivity index (χ2v) is 5.66. The van der Waals surface area contributed by atoms with E-state index in [2.05, 4.69) is 16.0 Å². The summed E-state index contributed by atoms with van der Waals surface area (Å²) < 4.78 is 1.81. The van der Waals surface area contributed by atoms with E-state index in [-0.39, 0.29) is 5.91 Å². The lowest BCUT2D eigenvalue weighted by atomic mass is 10.1. The molecule has 114 valence electrons. The quantitative estimate of drug-likeness (QED) is 0.731. The molecule has 0 saturated carbocycles. The number of nitrogens with zero attached hydrogens (tertiary/aromatic N) is 4. The predicted octanol–water partition coefficient (Wildman–Crippen LogP) is 2.78. The van der Waals surface area contributed by atoms with Crippen LogP contribution >= 0.6 is 0 Å². The third kappa shape index (κ3) is 2.30. The first-order chi connectivity index (χ1) is 11.2. The Kier molecular flexibility index (Phi) is 3.19. The second-order valence-electron chi connectivity index (χ2n) is 5.66. The number of benzene rings is 1. The second kappa shape index (κ2) is 5.35. The van der Waals surface area contributed by atoms with Crippen molar-refractivity contribution in [1.82, 2.24) is 14.5 Å². The highest BCUT2D eigenvalue weighted by Crippen LogP contribution is 2.32. The minimum atomic E-state index is 0.00253. The summed E-state index contributed by atoms with van der Waals surface area (Å²) in [5, 5.41) is 0. The summed E-state index contributed by atoms with van der Waals surface area (Å²) in [6.45, 7) is 2.77. The van der Waals surface area contributed by atoms with Gasteiger partial charge in [0.1, 0.15) is 12.1 Å². The van der Waals surface area contributed by atoms with Gasteiger partial charge in [-0.15, -0.1) is 0 Å². The minimum Gasteiger partial charge on any atom is -0.307 e. The summed E-state index contributed by atoms with van der Waals surface area (Å²) in [5.41, 5.74) is 4.03. The number of pyridine rings is 1. The molecule has 0 unspecified atom stereocenters. The average molecular weight is 304 g/mol. The average Bonchev–Trinajstić information content (AvgIpc) is 3.25. The number of rotatable bonds is 2. The van der Waals surface area contributed by atoms with E-state index in [1.807, 2.05) is 46.9 Å². The highest BCUT2D eigenvalue weighted by atomic mass is 16.2. The number of carbonyl (C=O) groups is 1. The van der Waals surface area contributed by atoms with Crippen molar-refractivity contribution in [2.24, 2.45) is 0 Å². The largest absolute Gasteiger partial charge is 0.307 e. The van der Waals surface area contributed by atoms with Gasteiger partial charge < -0.3 is 4.90 Å². The van der Waals surface area contributed by atoms with Gasteiger partial charge in [0.2, 0.25) is 0 Å². The third-order valence-electron chi connectivity index (χ3n) is 4.20. The Hall–Kier alpha value is -2.95. The number of hydrogen-bond donors (Lipinski definition) is 0. The van der Waals surface area contributed by atoms with Gasteiger partial charge >= 0.3 is 0 Å². The Morgan fingerprint density at radius 2 is 2.13 bits per heavy atom. The molecule has 1 aromatic carbocycles. The molecule has 23 heavy (non-hydrogen) atoms. The molecular weight excluding hydrogens is 288 g/mol. The van der Waals surface area contributed by atoms with Gasteiger partial charge in [-0.05, 0) is 36.6 Å². The third-order valence-corrected chi connectivity index (χ3v) is 4.20. The normalized spacial score (nSPS) is 13.2. The molecule has 1 amide bonds. The van der Waals surface area contributed by atoms with Crippen molar-refractivity contribution in [1.29, 1.82) is 0 Å². The summed E-state index contributed by atoms with van der Waals surface area (Å²) in [6, 6.07) is 9.84. The molecule has 0 aliphatic carbocycles. The fourth-order valence-electron chi connectivity index (χ4n) is 3.07. The van der Waals surface area contributed by atoms with E-state index in [0.717, 1.165) is 30.0 Å². The van der Waals surface area contributed by atoms with Gasteiger partial charge in [-0.2, -0.15) is 0 Å². The molecule has 3 aromatic rings. The van der Waals surface area contributed by atoms with E-state index < -0.39 is 0 Å². The lowest BCUT2D eigenvalue weighted by Gasteiger charge is -2.19. The molecule has 4 rings (SSSR count). The first-order valence-corrected chi connectivity index (χ1v) is 7.59. The summed E-state index contributed by atoms with van der Waals surface area (Å²) >= 11 is 0. The lowest BCUT2D eigenvalue weighted by molar-refractivity contribution is 0.0989. The van der Waals surface area contributed by atoms with E-state index >= 15 is 0 Å². The van der Waals surface area contributed by atoms with Crippen LogP contribution in [0.1, 0.15) is 21.5 Å². The maximum atomic E-state index is 12.8. The summed E-state index contributed by atoms with van der Waals surface area (Å²) in [6.07, 6.45) is 7.75. The summed E-state index contributed by atoms with van der Waals surface area (Å²) in [7, 11) is 0. The molecule has 0 fully saturated rings. The van der Waals surface area contributed by atoms with Crippen LogP contribution in [0, 0.1) is 6.92 Å². The smallest absolute Gasteiger partial charge is 0.259 e. The molecule has 0 spiro atoms. The fourth-order valence-corrected chi connectivity index (χ4v) is 3.07. The van der Waals surface area contributed by atoms with Crippen LogP contribution in [-0.2, 0) is 6.42 Å². The van der Waals surface area contributed by atoms with E-state index in [1.165, 1.54) is 5.56 Å². The Bertz CT molecular complexity index is 853. The van der Waals surface area contributed by atoms with E-state index in [0.29, 0.717) is 5.56 Å². The highest BCUT2D eigenvalue weighted by molar-refractivity contribution is 6.07. The Labute approximate surface area is 134 Å². The summed E-state index contributed by atoms with van der Waals surface area (Å²) in [4.78, 5) is 23.1. The van der Waals surface area contributed by atoms with Crippen LogP contribution in [-0.4, -0.2) is 27.0 Å².